The number of carbonyl (C=O) groups is 1. The van der Waals surface area contributed by atoms with Gasteiger partial charge in [0.25, 0.3) is 5.91 Å². The van der Waals surface area contributed by atoms with Gasteiger partial charge in [-0.05, 0) is 44.9 Å². The van der Waals surface area contributed by atoms with E-state index in [2.05, 4.69) is 24.1 Å². The van der Waals surface area contributed by atoms with E-state index in [1.165, 1.54) is 0 Å². The van der Waals surface area contributed by atoms with E-state index in [0.29, 0.717) is 22.3 Å². The third-order valence-corrected chi connectivity index (χ3v) is 4.00. The van der Waals surface area contributed by atoms with Crippen molar-refractivity contribution in [2.45, 2.75) is 38.8 Å². The maximum absolute atomic E-state index is 12.2. The number of nitrogens with two attached hydrogens (primary N) is 1. The lowest BCUT2D eigenvalue weighted by Crippen LogP contribution is -2.46. The van der Waals surface area contributed by atoms with Gasteiger partial charge in [0.05, 0.1) is 0 Å². The fraction of sp³-hybridized carbons (Fsp3) is 0.533. The summed E-state index contributed by atoms with van der Waals surface area (Å²) in [6.07, 6.45) is 1.97. The number of carbonyl (C=O) groups excluding carboxylic acids is 1. The molecule has 0 unspecified atom stereocenters. The number of benzene rings is 1. The molecule has 1 aliphatic heterocycles. The van der Waals surface area contributed by atoms with E-state index < -0.39 is 0 Å². The van der Waals surface area contributed by atoms with Crippen LogP contribution in [0.25, 0.3) is 0 Å². The Kier molecular flexibility index (Phi) is 4.89. The fourth-order valence-corrected chi connectivity index (χ4v) is 2.82. The Bertz CT molecular complexity index is 462. The number of rotatable bonds is 3. The van der Waals surface area contributed by atoms with Crippen LogP contribution >= 0.6 is 11.6 Å². The van der Waals surface area contributed by atoms with Gasteiger partial charge in [-0.1, -0.05) is 11.6 Å². The second-order valence-electron chi connectivity index (χ2n) is 5.65. The highest BCUT2D eigenvalue weighted by molar-refractivity contribution is 6.31. The minimum atomic E-state index is -0.0952. The first kappa shape index (κ1) is 15.1. The normalized spacial score (nSPS) is 17.4. The Labute approximate surface area is 125 Å². The summed E-state index contributed by atoms with van der Waals surface area (Å²) in [7, 11) is 0. The number of nitrogens with zero attached hydrogens (tertiary/aromatic N) is 1. The first-order valence-electron chi connectivity index (χ1n) is 7.06. The van der Waals surface area contributed by atoms with Crippen LogP contribution < -0.4 is 11.1 Å². The number of halogens is 1. The average Bonchev–Trinajstić information content (AvgIpc) is 2.38. The summed E-state index contributed by atoms with van der Waals surface area (Å²) in [5, 5.41) is 3.56. The number of hydrogen-bond donors (Lipinski definition) is 2. The predicted molar refractivity (Wildman–Crippen MR) is 83.1 cm³/mol. The lowest BCUT2D eigenvalue weighted by molar-refractivity contribution is 0.0900. The van der Waals surface area contributed by atoms with Gasteiger partial charge in [-0.15, -0.1) is 0 Å². The number of nitrogens with one attached hydrogen (secondary N) is 1. The van der Waals surface area contributed by atoms with Gasteiger partial charge in [-0.3, -0.25) is 4.79 Å². The summed E-state index contributed by atoms with van der Waals surface area (Å²) >= 11 is 5.92. The van der Waals surface area contributed by atoms with E-state index >= 15 is 0 Å². The SMILES string of the molecule is CC(C)N1CCC(NC(=O)c2cc(N)cc(Cl)c2)CC1. The van der Waals surface area contributed by atoms with Crippen molar-refractivity contribution >= 4 is 23.2 Å². The molecule has 0 aromatic heterocycles. The van der Waals surface area contributed by atoms with Crippen LogP contribution in [0.1, 0.15) is 37.0 Å². The lowest BCUT2D eigenvalue weighted by atomic mass is 10.0. The highest BCUT2D eigenvalue weighted by Crippen LogP contribution is 2.18. The van der Waals surface area contributed by atoms with Crippen LogP contribution in [0.4, 0.5) is 5.69 Å². The van der Waals surface area contributed by atoms with E-state index in [-0.39, 0.29) is 11.9 Å². The van der Waals surface area contributed by atoms with Crippen LogP contribution in [0.3, 0.4) is 0 Å². The Balaban J connectivity index is 1.92. The molecule has 1 aromatic rings. The van der Waals surface area contributed by atoms with Crippen molar-refractivity contribution < 1.29 is 4.79 Å². The van der Waals surface area contributed by atoms with Gasteiger partial charge in [0.2, 0.25) is 0 Å². The van der Waals surface area contributed by atoms with Gasteiger partial charge < -0.3 is 16.0 Å². The van der Waals surface area contributed by atoms with Crippen LogP contribution in [-0.4, -0.2) is 36.0 Å². The topological polar surface area (TPSA) is 58.4 Å². The Hall–Kier alpha value is -1.26. The number of likely N-dealkylation sites (tertiary alicyclic amines) is 1. The first-order valence-corrected chi connectivity index (χ1v) is 7.44. The molecule has 0 saturated carbocycles. The number of anilines is 1. The van der Waals surface area contributed by atoms with Crippen LogP contribution in [0, 0.1) is 0 Å². The molecule has 2 rings (SSSR count). The lowest BCUT2D eigenvalue weighted by Gasteiger charge is -2.34. The number of piperidine rings is 1. The summed E-state index contributed by atoms with van der Waals surface area (Å²) in [6, 6.07) is 5.75. The predicted octanol–water partition coefficient (Wildman–Crippen LogP) is 2.52. The van der Waals surface area contributed by atoms with Crippen LogP contribution in [-0.2, 0) is 0 Å². The van der Waals surface area contributed by atoms with E-state index in [9.17, 15) is 4.79 Å². The molecule has 0 atom stereocenters. The van der Waals surface area contributed by atoms with Crippen molar-refractivity contribution in [3.8, 4) is 0 Å². The molecular weight excluding hydrogens is 274 g/mol. The Morgan fingerprint density at radius 2 is 2.00 bits per heavy atom. The standard InChI is InChI=1S/C15H22ClN3O/c1-10(2)19-5-3-14(4-6-19)18-15(20)11-7-12(16)9-13(17)8-11/h7-10,14H,3-6,17H2,1-2H3,(H,18,20). The van der Waals surface area contributed by atoms with Crippen molar-refractivity contribution in [3.05, 3.63) is 28.8 Å². The smallest absolute Gasteiger partial charge is 0.251 e. The number of hydrogen-bond acceptors (Lipinski definition) is 3. The zero-order valence-electron chi connectivity index (χ0n) is 12.0. The van der Waals surface area contributed by atoms with Crippen molar-refractivity contribution in [2.75, 3.05) is 18.8 Å². The molecule has 3 N–H and O–H groups in total. The summed E-state index contributed by atoms with van der Waals surface area (Å²) in [5.74, 6) is -0.0952. The van der Waals surface area contributed by atoms with Crippen molar-refractivity contribution in [2.24, 2.45) is 0 Å². The minimum absolute atomic E-state index is 0.0952. The van der Waals surface area contributed by atoms with E-state index in [1.54, 1.807) is 18.2 Å². The molecule has 4 nitrogen and oxygen atoms in total. The molecule has 0 radical (unpaired) electrons. The average molecular weight is 296 g/mol. The molecule has 20 heavy (non-hydrogen) atoms. The summed E-state index contributed by atoms with van der Waals surface area (Å²) < 4.78 is 0. The van der Waals surface area contributed by atoms with E-state index in [4.69, 9.17) is 17.3 Å². The highest BCUT2D eigenvalue weighted by Gasteiger charge is 2.22. The molecule has 1 fully saturated rings. The quantitative estimate of drug-likeness (QED) is 0.843. The number of amides is 1. The van der Waals surface area contributed by atoms with E-state index in [1.807, 2.05) is 0 Å². The second kappa shape index (κ2) is 6.46. The monoisotopic (exact) mass is 295 g/mol. The van der Waals surface area contributed by atoms with Crippen molar-refractivity contribution in [1.82, 2.24) is 10.2 Å². The maximum Gasteiger partial charge on any atom is 0.251 e. The number of nitrogen functional groups attached to an aromatic ring is 1. The maximum atomic E-state index is 12.2. The molecular formula is C15H22ClN3O. The zero-order chi connectivity index (χ0) is 14.7. The molecule has 1 aromatic carbocycles. The van der Waals surface area contributed by atoms with Crippen molar-refractivity contribution in [3.63, 3.8) is 0 Å². The molecule has 0 aliphatic carbocycles. The molecule has 1 saturated heterocycles. The van der Waals surface area contributed by atoms with Gasteiger partial charge >= 0.3 is 0 Å². The molecule has 1 heterocycles. The van der Waals surface area contributed by atoms with Gasteiger partial charge in [-0.25, -0.2) is 0 Å². The van der Waals surface area contributed by atoms with Crippen molar-refractivity contribution in [1.29, 1.82) is 0 Å². The molecule has 110 valence electrons. The van der Waals surface area contributed by atoms with Crippen LogP contribution in [0.2, 0.25) is 5.02 Å². The van der Waals surface area contributed by atoms with Gasteiger partial charge in [0.15, 0.2) is 0 Å². The Morgan fingerprint density at radius 1 is 1.35 bits per heavy atom. The second-order valence-corrected chi connectivity index (χ2v) is 6.09. The highest BCUT2D eigenvalue weighted by atomic mass is 35.5. The fourth-order valence-electron chi connectivity index (χ4n) is 2.57. The largest absolute Gasteiger partial charge is 0.399 e. The molecule has 1 amide bonds. The van der Waals surface area contributed by atoms with Gasteiger partial charge in [0.1, 0.15) is 0 Å². The minimum Gasteiger partial charge on any atom is -0.399 e. The molecule has 0 spiro atoms. The molecule has 0 bridgehead atoms. The molecule has 5 heteroatoms. The third-order valence-electron chi connectivity index (χ3n) is 3.78. The summed E-state index contributed by atoms with van der Waals surface area (Å²) in [4.78, 5) is 14.6. The van der Waals surface area contributed by atoms with Crippen LogP contribution in [0.5, 0.6) is 0 Å². The summed E-state index contributed by atoms with van der Waals surface area (Å²) in [6.45, 7) is 6.46. The van der Waals surface area contributed by atoms with Gasteiger partial charge in [-0.2, -0.15) is 0 Å². The zero-order valence-corrected chi connectivity index (χ0v) is 12.8. The van der Waals surface area contributed by atoms with Crippen LogP contribution in [0.15, 0.2) is 18.2 Å². The summed E-state index contributed by atoms with van der Waals surface area (Å²) in [5.41, 5.74) is 6.75. The first-order chi connectivity index (χ1) is 9.45. The van der Waals surface area contributed by atoms with E-state index in [0.717, 1.165) is 25.9 Å². The third kappa shape index (κ3) is 3.87. The Morgan fingerprint density at radius 3 is 2.55 bits per heavy atom. The molecule has 1 aliphatic rings. The van der Waals surface area contributed by atoms with Gasteiger partial charge in [0, 0.05) is 41.4 Å².